The van der Waals surface area contributed by atoms with Crippen molar-refractivity contribution in [3.8, 4) is 0 Å². The summed E-state index contributed by atoms with van der Waals surface area (Å²) in [7, 11) is 1.93. The predicted molar refractivity (Wildman–Crippen MR) is 113 cm³/mol. The van der Waals surface area contributed by atoms with Crippen LogP contribution >= 0.6 is 11.3 Å². The van der Waals surface area contributed by atoms with E-state index in [1.54, 1.807) is 11.7 Å². The van der Waals surface area contributed by atoms with Gasteiger partial charge < -0.3 is 16.4 Å². The van der Waals surface area contributed by atoms with Crippen LogP contribution in [0.4, 0.5) is 16.5 Å². The second kappa shape index (κ2) is 7.92. The van der Waals surface area contributed by atoms with Crippen molar-refractivity contribution in [1.82, 2.24) is 14.8 Å². The molecule has 9 heteroatoms. The van der Waals surface area contributed by atoms with Gasteiger partial charge in [-0.05, 0) is 38.1 Å². The summed E-state index contributed by atoms with van der Waals surface area (Å²) in [5.74, 6) is 1.37. The number of carbonyl (C=O) groups excluding carboxylic acids is 1. The van der Waals surface area contributed by atoms with Gasteiger partial charge in [-0.25, -0.2) is 4.98 Å². The van der Waals surface area contributed by atoms with Gasteiger partial charge in [0, 0.05) is 20.1 Å². The molecule has 0 aromatic carbocycles. The van der Waals surface area contributed by atoms with Crippen LogP contribution in [0.15, 0.2) is 23.9 Å². The van der Waals surface area contributed by atoms with Crippen LogP contribution in [0.25, 0.3) is 0 Å². The van der Waals surface area contributed by atoms with E-state index in [0.717, 1.165) is 56.8 Å². The van der Waals surface area contributed by atoms with Crippen molar-refractivity contribution >= 4 is 33.8 Å². The third-order valence-corrected chi connectivity index (χ3v) is 6.39. The van der Waals surface area contributed by atoms with E-state index in [4.69, 9.17) is 11.5 Å². The number of carbonyl (C=O) groups is 1. The summed E-state index contributed by atoms with van der Waals surface area (Å²) in [5, 5.41) is 4.94. The van der Waals surface area contributed by atoms with Crippen LogP contribution in [0, 0.1) is 5.92 Å². The number of hydrogen-bond acceptors (Lipinski definition) is 7. The maximum atomic E-state index is 13.4. The third-order valence-electron chi connectivity index (χ3n) is 5.73. The maximum absolute atomic E-state index is 13.4. The van der Waals surface area contributed by atoms with Gasteiger partial charge in [-0.2, -0.15) is 5.10 Å². The molecule has 1 saturated heterocycles. The Bertz CT molecular complexity index is 866. The van der Waals surface area contributed by atoms with Crippen LogP contribution < -0.4 is 21.3 Å². The third kappa shape index (κ3) is 3.40. The summed E-state index contributed by atoms with van der Waals surface area (Å²) < 4.78 is 1.86. The molecule has 2 aromatic heterocycles. The smallest absolute Gasteiger partial charge is 0.280 e. The monoisotopic (exact) mass is 401 g/mol. The first-order valence-electron chi connectivity index (χ1n) is 9.76. The SMILES string of the molecule is Cn1ncc(N(C(=O)c2ncsc2N)C2C=CCC2)c1N1CCC(CN)CC1. The Morgan fingerprint density at radius 2 is 2.14 bits per heavy atom. The summed E-state index contributed by atoms with van der Waals surface area (Å²) in [5.41, 5.74) is 14.6. The number of hydrogen-bond donors (Lipinski definition) is 2. The first kappa shape index (κ1) is 18.9. The van der Waals surface area contributed by atoms with Crippen LogP contribution in [-0.2, 0) is 7.05 Å². The van der Waals surface area contributed by atoms with Crippen molar-refractivity contribution in [1.29, 1.82) is 0 Å². The average Bonchev–Trinajstić information content (AvgIpc) is 3.45. The lowest BCUT2D eigenvalue weighted by Crippen LogP contribution is -2.42. The van der Waals surface area contributed by atoms with E-state index in [1.807, 2.05) is 16.6 Å². The topological polar surface area (TPSA) is 106 Å². The zero-order chi connectivity index (χ0) is 19.7. The number of nitrogen functional groups attached to an aromatic ring is 1. The van der Waals surface area contributed by atoms with Gasteiger partial charge in [0.25, 0.3) is 5.91 Å². The Labute approximate surface area is 168 Å². The number of allylic oxidation sites excluding steroid dienone is 1. The fourth-order valence-electron chi connectivity index (χ4n) is 4.14. The Morgan fingerprint density at radius 1 is 1.36 bits per heavy atom. The number of thiazole rings is 1. The summed E-state index contributed by atoms with van der Waals surface area (Å²) in [6.45, 7) is 2.55. The molecule has 4 N–H and O–H groups in total. The van der Waals surface area contributed by atoms with Crippen LogP contribution in [0.5, 0.6) is 0 Å². The van der Waals surface area contributed by atoms with Gasteiger partial charge >= 0.3 is 0 Å². The second-order valence-corrected chi connectivity index (χ2v) is 8.34. The van der Waals surface area contributed by atoms with E-state index in [0.29, 0.717) is 16.6 Å². The van der Waals surface area contributed by atoms with Gasteiger partial charge in [0.1, 0.15) is 10.7 Å². The highest BCUT2D eigenvalue weighted by atomic mass is 32.1. The minimum absolute atomic E-state index is 0.0156. The molecule has 0 radical (unpaired) electrons. The number of aromatic nitrogens is 3. The lowest BCUT2D eigenvalue weighted by Gasteiger charge is -2.35. The molecule has 28 heavy (non-hydrogen) atoms. The number of rotatable bonds is 5. The zero-order valence-corrected chi connectivity index (χ0v) is 16.9. The molecule has 2 aromatic rings. The first-order chi connectivity index (χ1) is 13.6. The molecule has 1 fully saturated rings. The quantitative estimate of drug-likeness (QED) is 0.742. The van der Waals surface area contributed by atoms with Gasteiger partial charge in [-0.3, -0.25) is 14.4 Å². The van der Waals surface area contributed by atoms with E-state index in [1.165, 1.54) is 11.3 Å². The highest BCUT2D eigenvalue weighted by Gasteiger charge is 2.34. The van der Waals surface area contributed by atoms with E-state index in [-0.39, 0.29) is 11.9 Å². The van der Waals surface area contributed by atoms with Gasteiger partial charge in [0.05, 0.1) is 17.7 Å². The van der Waals surface area contributed by atoms with E-state index in [2.05, 4.69) is 27.1 Å². The standard InChI is InChI=1S/C19H27N7OS/c1-24-18(25-8-6-13(10-20)7-9-25)15(11-23-24)26(14-4-2-3-5-14)19(27)16-17(21)28-12-22-16/h2,4,11-14H,3,5-10,20-21H2,1H3. The molecule has 1 aliphatic heterocycles. The molecule has 0 bridgehead atoms. The number of aryl methyl sites for hydroxylation is 1. The number of anilines is 3. The fraction of sp³-hybridized carbons (Fsp3) is 0.526. The van der Waals surface area contributed by atoms with Gasteiger partial charge in [-0.1, -0.05) is 12.2 Å². The predicted octanol–water partition coefficient (Wildman–Crippen LogP) is 2.00. The number of nitrogens with zero attached hydrogens (tertiary/aromatic N) is 5. The minimum Gasteiger partial charge on any atom is -0.389 e. The molecule has 8 nitrogen and oxygen atoms in total. The van der Waals surface area contributed by atoms with E-state index < -0.39 is 0 Å². The summed E-state index contributed by atoms with van der Waals surface area (Å²) >= 11 is 1.29. The van der Waals surface area contributed by atoms with Crippen molar-refractivity contribution < 1.29 is 4.79 Å². The highest BCUT2D eigenvalue weighted by Crippen LogP contribution is 2.36. The average molecular weight is 402 g/mol. The molecule has 1 aliphatic carbocycles. The van der Waals surface area contributed by atoms with Crippen LogP contribution in [0.2, 0.25) is 0 Å². The molecule has 2 aliphatic rings. The zero-order valence-electron chi connectivity index (χ0n) is 16.1. The van der Waals surface area contributed by atoms with E-state index >= 15 is 0 Å². The molecular weight excluding hydrogens is 374 g/mol. The molecule has 1 amide bonds. The highest BCUT2D eigenvalue weighted by molar-refractivity contribution is 7.14. The number of nitrogens with two attached hydrogens (primary N) is 2. The van der Waals surface area contributed by atoms with Gasteiger partial charge in [0.15, 0.2) is 11.5 Å². The van der Waals surface area contributed by atoms with Crippen molar-refractivity contribution in [2.24, 2.45) is 18.7 Å². The lowest BCUT2D eigenvalue weighted by atomic mass is 9.97. The maximum Gasteiger partial charge on any atom is 0.280 e. The van der Waals surface area contributed by atoms with Gasteiger partial charge in [-0.15, -0.1) is 11.3 Å². The molecule has 1 atom stereocenters. The fourth-order valence-corrected chi connectivity index (χ4v) is 4.66. The summed E-state index contributed by atoms with van der Waals surface area (Å²) in [6.07, 6.45) is 9.96. The first-order valence-corrected chi connectivity index (χ1v) is 10.6. The molecule has 0 spiro atoms. The molecular formula is C19H27N7OS. The Balaban J connectivity index is 1.70. The molecule has 0 saturated carbocycles. The summed E-state index contributed by atoms with van der Waals surface area (Å²) in [4.78, 5) is 21.8. The van der Waals surface area contributed by atoms with Crippen LogP contribution in [0.3, 0.4) is 0 Å². The molecule has 150 valence electrons. The van der Waals surface area contributed by atoms with Crippen molar-refractivity contribution in [2.45, 2.75) is 31.7 Å². The van der Waals surface area contributed by atoms with Crippen molar-refractivity contribution in [2.75, 3.05) is 35.2 Å². The largest absolute Gasteiger partial charge is 0.389 e. The number of amides is 1. The number of piperidine rings is 1. The minimum atomic E-state index is -0.165. The summed E-state index contributed by atoms with van der Waals surface area (Å²) in [6, 6.07) is -0.0156. The Hall–Kier alpha value is -2.39. The normalized spacial score (nSPS) is 20.1. The Kier molecular flexibility index (Phi) is 5.36. The lowest BCUT2D eigenvalue weighted by molar-refractivity contribution is 0.0977. The van der Waals surface area contributed by atoms with Crippen molar-refractivity contribution in [3.05, 3.63) is 29.6 Å². The Morgan fingerprint density at radius 3 is 2.75 bits per heavy atom. The van der Waals surface area contributed by atoms with Crippen LogP contribution in [0.1, 0.15) is 36.2 Å². The van der Waals surface area contributed by atoms with Gasteiger partial charge in [0.2, 0.25) is 0 Å². The molecule has 1 unspecified atom stereocenters. The van der Waals surface area contributed by atoms with E-state index in [9.17, 15) is 4.79 Å². The van der Waals surface area contributed by atoms with Crippen LogP contribution in [-0.4, -0.2) is 46.3 Å². The van der Waals surface area contributed by atoms with Crippen molar-refractivity contribution in [3.63, 3.8) is 0 Å². The molecule has 3 heterocycles. The second-order valence-electron chi connectivity index (χ2n) is 7.46. The molecule has 4 rings (SSSR count).